The van der Waals surface area contributed by atoms with Crippen molar-refractivity contribution in [3.63, 3.8) is 0 Å². The quantitative estimate of drug-likeness (QED) is 0.366. The van der Waals surface area contributed by atoms with Gasteiger partial charge >= 0.3 is 0 Å². The Bertz CT molecular complexity index is 1110. The van der Waals surface area contributed by atoms with Crippen LogP contribution in [0.2, 0.25) is 15.1 Å². The zero-order valence-electron chi connectivity index (χ0n) is 14.6. The van der Waals surface area contributed by atoms with Gasteiger partial charge in [0.15, 0.2) is 0 Å². The number of nitrogens with one attached hydrogen (secondary N) is 1. The highest BCUT2D eigenvalue weighted by Crippen LogP contribution is 2.32. The number of hydrogen-bond donors (Lipinski definition) is 1. The van der Waals surface area contributed by atoms with Crippen molar-refractivity contribution in [3.05, 3.63) is 80.5 Å². The molecule has 1 heterocycles. The van der Waals surface area contributed by atoms with Gasteiger partial charge in [-0.15, -0.1) is 0 Å². The molecule has 1 aromatic heterocycles. The Kier molecular flexibility index (Phi) is 6.11. The number of halogens is 3. The lowest BCUT2D eigenvalue weighted by Crippen LogP contribution is -2.14. The molecule has 140 valence electrons. The number of hydrogen-bond acceptors (Lipinski definition) is 3. The highest BCUT2D eigenvalue weighted by atomic mass is 35.5. The van der Waals surface area contributed by atoms with Gasteiger partial charge in [0.1, 0.15) is 23.2 Å². The van der Waals surface area contributed by atoms with Crippen molar-refractivity contribution < 1.29 is 9.21 Å². The summed E-state index contributed by atoms with van der Waals surface area (Å²) >= 11 is 18.3. The summed E-state index contributed by atoms with van der Waals surface area (Å²) in [5.41, 5.74) is 1.73. The maximum atomic E-state index is 12.5. The number of amides is 1. The second-order valence-electron chi connectivity index (χ2n) is 5.88. The summed E-state index contributed by atoms with van der Waals surface area (Å²) in [7, 11) is 0. The van der Waals surface area contributed by atoms with Gasteiger partial charge in [-0.3, -0.25) is 4.79 Å². The Morgan fingerprint density at radius 1 is 1.11 bits per heavy atom. The summed E-state index contributed by atoms with van der Waals surface area (Å²) in [6.07, 6.45) is 1.35. The molecular formula is C21H13Cl3N2O2. The fourth-order valence-electron chi connectivity index (χ4n) is 2.52. The van der Waals surface area contributed by atoms with E-state index >= 15 is 0 Å². The average molecular weight is 432 g/mol. The van der Waals surface area contributed by atoms with E-state index in [-0.39, 0.29) is 5.57 Å². The van der Waals surface area contributed by atoms with Crippen molar-refractivity contribution >= 4 is 52.5 Å². The van der Waals surface area contributed by atoms with Crippen LogP contribution < -0.4 is 5.32 Å². The third kappa shape index (κ3) is 4.40. The lowest BCUT2D eigenvalue weighted by Gasteiger charge is -2.09. The molecule has 28 heavy (non-hydrogen) atoms. The van der Waals surface area contributed by atoms with Crippen molar-refractivity contribution in [3.8, 4) is 17.4 Å². The normalized spacial score (nSPS) is 11.2. The zero-order chi connectivity index (χ0) is 20.3. The van der Waals surface area contributed by atoms with Crippen LogP contribution in [0.3, 0.4) is 0 Å². The summed E-state index contributed by atoms with van der Waals surface area (Å²) in [4.78, 5) is 12.5. The molecule has 0 aliphatic heterocycles. The van der Waals surface area contributed by atoms with Crippen molar-refractivity contribution in [2.75, 3.05) is 5.32 Å². The minimum absolute atomic E-state index is 0.127. The fraction of sp³-hybridized carbons (Fsp3) is 0.0476. The Labute approximate surface area is 176 Å². The predicted molar refractivity (Wildman–Crippen MR) is 113 cm³/mol. The van der Waals surface area contributed by atoms with E-state index in [0.717, 1.165) is 5.56 Å². The lowest BCUT2D eigenvalue weighted by atomic mass is 10.1. The summed E-state index contributed by atoms with van der Waals surface area (Å²) in [6.45, 7) is 1.81. The third-order valence-electron chi connectivity index (χ3n) is 3.93. The zero-order valence-corrected chi connectivity index (χ0v) is 16.9. The fourth-order valence-corrected chi connectivity index (χ4v) is 3.18. The second kappa shape index (κ2) is 8.53. The monoisotopic (exact) mass is 430 g/mol. The van der Waals surface area contributed by atoms with Crippen LogP contribution in [0.25, 0.3) is 17.4 Å². The molecule has 0 radical (unpaired) electrons. The molecule has 0 saturated carbocycles. The number of rotatable bonds is 4. The SMILES string of the molecule is Cc1cccc(Cl)c1NC(=O)/C(C#N)=C/c1ccc(-c2cc(Cl)ccc2Cl)o1. The van der Waals surface area contributed by atoms with Gasteiger partial charge in [0.2, 0.25) is 0 Å². The number of anilines is 1. The summed E-state index contributed by atoms with van der Waals surface area (Å²) in [5, 5.41) is 13.4. The molecule has 1 amide bonds. The van der Waals surface area contributed by atoms with Crippen LogP contribution in [0.4, 0.5) is 5.69 Å². The van der Waals surface area contributed by atoms with E-state index in [1.165, 1.54) is 6.08 Å². The molecule has 0 spiro atoms. The van der Waals surface area contributed by atoms with Crippen molar-refractivity contribution in [1.82, 2.24) is 0 Å². The summed E-state index contributed by atoms with van der Waals surface area (Å²) < 4.78 is 5.71. The van der Waals surface area contributed by atoms with Crippen LogP contribution >= 0.6 is 34.8 Å². The van der Waals surface area contributed by atoms with Crippen LogP contribution in [0, 0.1) is 18.3 Å². The average Bonchev–Trinajstić information content (AvgIpc) is 3.13. The van der Waals surface area contributed by atoms with Crippen LogP contribution in [0.15, 0.2) is 58.5 Å². The molecule has 0 aliphatic carbocycles. The maximum absolute atomic E-state index is 12.5. The first-order valence-corrected chi connectivity index (χ1v) is 9.26. The molecule has 0 atom stereocenters. The van der Waals surface area contributed by atoms with Gasteiger partial charge in [0.25, 0.3) is 5.91 Å². The Morgan fingerprint density at radius 3 is 2.61 bits per heavy atom. The van der Waals surface area contributed by atoms with Crippen LogP contribution in [0.1, 0.15) is 11.3 Å². The van der Waals surface area contributed by atoms with E-state index in [9.17, 15) is 10.1 Å². The van der Waals surface area contributed by atoms with Gasteiger partial charge in [0.05, 0.1) is 15.7 Å². The number of para-hydroxylation sites is 1. The van der Waals surface area contributed by atoms with Crippen LogP contribution in [0.5, 0.6) is 0 Å². The number of furan rings is 1. The van der Waals surface area contributed by atoms with Gasteiger partial charge in [0, 0.05) is 16.7 Å². The molecule has 2 aromatic carbocycles. The third-order valence-corrected chi connectivity index (χ3v) is 4.81. The molecule has 4 nitrogen and oxygen atoms in total. The van der Waals surface area contributed by atoms with Crippen LogP contribution in [-0.4, -0.2) is 5.91 Å². The molecule has 3 aromatic rings. The number of nitrogens with zero attached hydrogens (tertiary/aromatic N) is 1. The molecule has 1 N–H and O–H groups in total. The smallest absolute Gasteiger partial charge is 0.266 e. The van der Waals surface area contributed by atoms with Gasteiger partial charge in [-0.1, -0.05) is 46.9 Å². The molecular weight excluding hydrogens is 419 g/mol. The van der Waals surface area contributed by atoms with Gasteiger partial charge < -0.3 is 9.73 Å². The van der Waals surface area contributed by atoms with Crippen molar-refractivity contribution in [2.24, 2.45) is 0 Å². The van der Waals surface area contributed by atoms with Crippen molar-refractivity contribution in [1.29, 1.82) is 5.26 Å². The first kappa shape index (κ1) is 20.0. The van der Waals surface area contributed by atoms with E-state index < -0.39 is 5.91 Å². The standard InChI is InChI=1S/C21H13Cl3N2O2/c1-12-3-2-4-18(24)20(12)26-21(27)13(11-25)9-15-6-8-19(28-15)16-10-14(22)5-7-17(16)23/h2-10H,1H3,(H,26,27)/b13-9+. The topological polar surface area (TPSA) is 66.0 Å². The highest BCUT2D eigenvalue weighted by Gasteiger charge is 2.15. The number of benzene rings is 2. The first-order chi connectivity index (χ1) is 13.4. The predicted octanol–water partition coefficient (Wildman–Crippen LogP) is 6.76. The van der Waals surface area contributed by atoms with E-state index in [4.69, 9.17) is 39.2 Å². The van der Waals surface area contributed by atoms with E-state index in [1.54, 1.807) is 42.5 Å². The van der Waals surface area contributed by atoms with Gasteiger partial charge in [-0.2, -0.15) is 5.26 Å². The number of aryl methyl sites for hydroxylation is 1. The van der Waals surface area contributed by atoms with Crippen molar-refractivity contribution in [2.45, 2.75) is 6.92 Å². The van der Waals surface area contributed by atoms with E-state index in [1.807, 2.05) is 19.1 Å². The Morgan fingerprint density at radius 2 is 1.89 bits per heavy atom. The maximum Gasteiger partial charge on any atom is 0.266 e. The highest BCUT2D eigenvalue weighted by molar-refractivity contribution is 6.35. The second-order valence-corrected chi connectivity index (χ2v) is 7.13. The molecule has 0 unspecified atom stereocenters. The van der Waals surface area contributed by atoms with Gasteiger partial charge in [-0.05, 0) is 48.9 Å². The number of nitriles is 1. The minimum atomic E-state index is -0.586. The molecule has 0 saturated heterocycles. The number of carbonyl (C=O) groups excluding carboxylic acids is 1. The molecule has 0 aliphatic rings. The largest absolute Gasteiger partial charge is 0.457 e. The van der Waals surface area contributed by atoms with Crippen LogP contribution in [-0.2, 0) is 4.79 Å². The number of carbonyl (C=O) groups is 1. The molecule has 0 bridgehead atoms. The Hall–Kier alpha value is -2.71. The Balaban J connectivity index is 1.87. The summed E-state index contributed by atoms with van der Waals surface area (Å²) in [6, 6.07) is 15.5. The lowest BCUT2D eigenvalue weighted by molar-refractivity contribution is -0.112. The molecule has 0 fully saturated rings. The molecule has 7 heteroatoms. The van der Waals surface area contributed by atoms with Gasteiger partial charge in [-0.25, -0.2) is 0 Å². The van der Waals surface area contributed by atoms with E-state index in [0.29, 0.717) is 37.8 Å². The summed E-state index contributed by atoms with van der Waals surface area (Å²) in [5.74, 6) is 0.212. The van der Waals surface area contributed by atoms with E-state index in [2.05, 4.69) is 5.32 Å². The molecule has 3 rings (SSSR count). The first-order valence-electron chi connectivity index (χ1n) is 8.12. The minimum Gasteiger partial charge on any atom is -0.457 e.